The second-order valence-electron chi connectivity index (χ2n) is 8.09. The predicted molar refractivity (Wildman–Crippen MR) is 93.8 cm³/mol. The lowest BCUT2D eigenvalue weighted by molar-refractivity contribution is -0.153. The first-order chi connectivity index (χ1) is 11.2. The fourth-order valence-electron chi connectivity index (χ4n) is 3.47. The minimum Gasteiger partial charge on any atom is -0.469 e. The average Bonchev–Trinajstić information content (AvgIpc) is 2.75. The summed E-state index contributed by atoms with van der Waals surface area (Å²) in [5, 5.41) is 0. The van der Waals surface area contributed by atoms with E-state index in [1.165, 1.54) is 7.11 Å². The first-order valence-electron chi connectivity index (χ1n) is 9.27. The number of hydrogen-bond donors (Lipinski definition) is 0. The van der Waals surface area contributed by atoms with Crippen molar-refractivity contribution in [3.8, 4) is 0 Å². The van der Waals surface area contributed by atoms with E-state index in [4.69, 9.17) is 18.8 Å². The number of ether oxygens (including phenoxy) is 2. The Kier molecular flexibility index (Phi) is 6.37. The molecule has 1 saturated heterocycles. The number of unbranched alkanes of at least 4 members (excludes halogenated alkanes) is 1. The van der Waals surface area contributed by atoms with E-state index in [9.17, 15) is 4.79 Å². The zero-order chi connectivity index (χ0) is 18.0. The van der Waals surface area contributed by atoms with E-state index in [0.29, 0.717) is 6.61 Å². The van der Waals surface area contributed by atoms with Gasteiger partial charge >= 0.3 is 13.1 Å². The van der Waals surface area contributed by atoms with Gasteiger partial charge in [-0.2, -0.15) is 0 Å². The van der Waals surface area contributed by atoms with Gasteiger partial charge in [-0.15, -0.1) is 0 Å². The van der Waals surface area contributed by atoms with Crippen LogP contribution in [-0.4, -0.2) is 44.1 Å². The summed E-state index contributed by atoms with van der Waals surface area (Å²) in [6, 6.07) is 0. The first kappa shape index (κ1) is 19.7. The summed E-state index contributed by atoms with van der Waals surface area (Å²) in [4.78, 5) is 12.1. The monoisotopic (exact) mass is 340 g/mol. The zero-order valence-corrected chi connectivity index (χ0v) is 16.1. The van der Waals surface area contributed by atoms with Crippen LogP contribution in [0, 0.1) is 5.92 Å². The summed E-state index contributed by atoms with van der Waals surface area (Å²) in [6.45, 7) is 11.1. The van der Waals surface area contributed by atoms with Gasteiger partial charge in [-0.05, 0) is 52.8 Å². The Bertz CT molecular complexity index is 421. The molecule has 0 bridgehead atoms. The Morgan fingerprint density at radius 1 is 1.17 bits per heavy atom. The molecule has 0 spiro atoms. The number of esters is 1. The molecular weight excluding hydrogens is 307 g/mol. The number of methoxy groups -OCH3 is 1. The second kappa shape index (κ2) is 7.75. The normalized spacial score (nSPS) is 31.9. The van der Waals surface area contributed by atoms with E-state index in [1.54, 1.807) is 0 Å². The fourth-order valence-corrected chi connectivity index (χ4v) is 3.47. The molecule has 1 aliphatic carbocycles. The van der Waals surface area contributed by atoms with E-state index in [2.05, 4.69) is 34.6 Å². The molecule has 0 amide bonds. The van der Waals surface area contributed by atoms with Crippen molar-refractivity contribution in [2.24, 2.45) is 5.92 Å². The van der Waals surface area contributed by atoms with Gasteiger partial charge in [-0.25, -0.2) is 0 Å². The van der Waals surface area contributed by atoms with Gasteiger partial charge in [0, 0.05) is 6.61 Å². The van der Waals surface area contributed by atoms with Gasteiger partial charge in [-0.1, -0.05) is 19.8 Å². The van der Waals surface area contributed by atoms with Crippen LogP contribution in [0.4, 0.5) is 0 Å². The number of rotatable bonds is 6. The minimum atomic E-state index is -0.324. The smallest absolute Gasteiger partial charge is 0.461 e. The van der Waals surface area contributed by atoms with E-state index >= 15 is 0 Å². The van der Waals surface area contributed by atoms with Crippen LogP contribution in [0.2, 0.25) is 5.82 Å². The Morgan fingerprint density at radius 3 is 2.33 bits per heavy atom. The molecule has 6 heteroatoms. The zero-order valence-electron chi connectivity index (χ0n) is 16.1. The maximum Gasteiger partial charge on any atom is 0.461 e. The van der Waals surface area contributed by atoms with E-state index in [0.717, 1.165) is 32.1 Å². The summed E-state index contributed by atoms with van der Waals surface area (Å²) >= 11 is 0. The molecule has 1 saturated carbocycles. The highest BCUT2D eigenvalue weighted by Crippen LogP contribution is 2.45. The second-order valence-corrected chi connectivity index (χ2v) is 8.09. The quantitative estimate of drug-likeness (QED) is 0.420. The lowest BCUT2D eigenvalue weighted by Crippen LogP contribution is -2.41. The number of hydrogen-bond acceptors (Lipinski definition) is 5. The molecule has 24 heavy (non-hydrogen) atoms. The molecule has 1 aliphatic heterocycles. The summed E-state index contributed by atoms with van der Waals surface area (Å²) in [6.07, 6.45) is 4.41. The fraction of sp³-hybridized carbons (Fsp3) is 0.944. The standard InChI is InChI=1S/C18H33BO5/c1-7-8-11-22-15-12-13(9-10-14(15)16(20)21-6)19-23-17(2,3)18(4,5)24-19/h13-15H,7-12H2,1-6H3. The maximum atomic E-state index is 12.1. The Morgan fingerprint density at radius 2 is 1.79 bits per heavy atom. The Balaban J connectivity index is 2.03. The molecule has 0 radical (unpaired) electrons. The SMILES string of the molecule is CCCCOC1CC(B2OC(C)(C)C(C)(C)O2)CCC1C(=O)OC. The van der Waals surface area contributed by atoms with Crippen molar-refractivity contribution in [2.75, 3.05) is 13.7 Å². The van der Waals surface area contributed by atoms with Gasteiger partial charge in [0.25, 0.3) is 0 Å². The van der Waals surface area contributed by atoms with Gasteiger partial charge in [0.15, 0.2) is 0 Å². The summed E-state index contributed by atoms with van der Waals surface area (Å²) in [7, 11) is 1.22. The van der Waals surface area contributed by atoms with Crippen LogP contribution in [0.15, 0.2) is 0 Å². The molecule has 3 unspecified atom stereocenters. The van der Waals surface area contributed by atoms with Crippen molar-refractivity contribution in [2.45, 2.75) is 89.8 Å². The largest absolute Gasteiger partial charge is 0.469 e. The molecule has 3 atom stereocenters. The molecule has 0 aromatic heterocycles. The first-order valence-corrected chi connectivity index (χ1v) is 9.27. The molecule has 1 heterocycles. The summed E-state index contributed by atoms with van der Waals surface area (Å²) in [5.41, 5.74) is -0.648. The van der Waals surface area contributed by atoms with Crippen molar-refractivity contribution in [1.82, 2.24) is 0 Å². The van der Waals surface area contributed by atoms with Gasteiger partial charge in [0.2, 0.25) is 0 Å². The molecule has 0 aromatic carbocycles. The van der Waals surface area contributed by atoms with Crippen LogP contribution >= 0.6 is 0 Å². The van der Waals surface area contributed by atoms with Crippen molar-refractivity contribution < 1.29 is 23.6 Å². The van der Waals surface area contributed by atoms with Gasteiger partial charge in [0.1, 0.15) is 0 Å². The Labute approximate surface area is 146 Å². The number of carbonyl (C=O) groups is 1. The van der Waals surface area contributed by atoms with Crippen molar-refractivity contribution >= 4 is 13.1 Å². The summed E-state index contributed by atoms with van der Waals surface area (Å²) < 4.78 is 23.4. The topological polar surface area (TPSA) is 54.0 Å². The van der Waals surface area contributed by atoms with Gasteiger partial charge < -0.3 is 18.8 Å². The van der Waals surface area contributed by atoms with Crippen LogP contribution < -0.4 is 0 Å². The molecule has 5 nitrogen and oxygen atoms in total. The molecule has 2 aliphatic rings. The van der Waals surface area contributed by atoms with Crippen LogP contribution in [0.1, 0.15) is 66.7 Å². The molecule has 2 rings (SSSR count). The van der Waals surface area contributed by atoms with Crippen molar-refractivity contribution in [3.63, 3.8) is 0 Å². The summed E-state index contributed by atoms with van der Waals surface area (Å²) in [5.74, 6) is -0.0898. The van der Waals surface area contributed by atoms with Crippen LogP contribution in [0.25, 0.3) is 0 Å². The molecule has 138 valence electrons. The number of carbonyl (C=O) groups excluding carboxylic acids is 1. The minimum absolute atomic E-state index is 0.109. The van der Waals surface area contributed by atoms with Crippen molar-refractivity contribution in [1.29, 1.82) is 0 Å². The van der Waals surface area contributed by atoms with E-state index < -0.39 is 0 Å². The molecular formula is C18H33BO5. The third-order valence-corrected chi connectivity index (χ3v) is 5.82. The molecule has 0 N–H and O–H groups in total. The average molecular weight is 340 g/mol. The third-order valence-electron chi connectivity index (χ3n) is 5.82. The molecule has 2 fully saturated rings. The Hall–Kier alpha value is -0.585. The predicted octanol–water partition coefficient (Wildman–Crippen LogP) is 3.61. The molecule has 0 aromatic rings. The highest BCUT2D eigenvalue weighted by molar-refractivity contribution is 6.47. The highest BCUT2D eigenvalue weighted by Gasteiger charge is 2.55. The van der Waals surface area contributed by atoms with Gasteiger partial charge in [0.05, 0.1) is 30.3 Å². The van der Waals surface area contributed by atoms with Gasteiger partial charge in [-0.3, -0.25) is 4.79 Å². The maximum absolute atomic E-state index is 12.1. The van der Waals surface area contributed by atoms with Crippen LogP contribution in [0.3, 0.4) is 0 Å². The van der Waals surface area contributed by atoms with E-state index in [1.807, 2.05) is 0 Å². The van der Waals surface area contributed by atoms with Crippen LogP contribution in [0.5, 0.6) is 0 Å². The third kappa shape index (κ3) is 4.14. The van der Waals surface area contributed by atoms with Crippen molar-refractivity contribution in [3.05, 3.63) is 0 Å². The lowest BCUT2D eigenvalue weighted by atomic mass is 9.61. The van der Waals surface area contributed by atoms with Crippen LogP contribution in [-0.2, 0) is 23.6 Å². The van der Waals surface area contributed by atoms with E-state index in [-0.39, 0.29) is 42.1 Å². The highest BCUT2D eigenvalue weighted by atomic mass is 16.7. The lowest BCUT2D eigenvalue weighted by Gasteiger charge is -2.35.